The summed E-state index contributed by atoms with van der Waals surface area (Å²) in [5.41, 5.74) is 0.158. The Hall–Kier alpha value is -2.87. The molecule has 25 heavy (non-hydrogen) atoms. The fraction of sp³-hybridized carbons (Fsp3) is 0.235. The average Bonchev–Trinajstić information content (AvgIpc) is 2.54. The molecule has 1 amide bonds. The molecule has 0 saturated carbocycles. The van der Waals surface area contributed by atoms with Gasteiger partial charge < -0.3 is 10.6 Å². The van der Waals surface area contributed by atoms with E-state index in [2.05, 4.69) is 5.32 Å². The molecule has 132 valence electrons. The van der Waals surface area contributed by atoms with Crippen LogP contribution in [0.1, 0.15) is 25.5 Å². The van der Waals surface area contributed by atoms with E-state index < -0.39 is 34.5 Å². The second-order valence-corrected chi connectivity index (χ2v) is 5.70. The lowest BCUT2D eigenvalue weighted by atomic mass is 10.1. The molecular formula is C17H18F2N3O3+. The molecule has 3 N–H and O–H groups in total. The molecule has 0 aliphatic heterocycles. The van der Waals surface area contributed by atoms with Crippen molar-refractivity contribution in [2.45, 2.75) is 25.9 Å². The number of hydrogen-bond donors (Lipinski definition) is 2. The molecule has 0 aromatic heterocycles. The monoisotopic (exact) mass is 350 g/mol. The second kappa shape index (κ2) is 7.80. The number of quaternary nitrogens is 1. The largest absolute Gasteiger partial charge is 0.330 e. The van der Waals surface area contributed by atoms with E-state index in [1.807, 2.05) is 0 Å². The highest BCUT2D eigenvalue weighted by Gasteiger charge is 2.24. The highest BCUT2D eigenvalue weighted by Crippen LogP contribution is 2.23. The molecule has 0 unspecified atom stereocenters. The minimum Gasteiger partial charge on any atom is -0.330 e. The van der Waals surface area contributed by atoms with Gasteiger partial charge in [0.25, 0.3) is 11.6 Å². The maximum absolute atomic E-state index is 13.8. The third-order valence-electron chi connectivity index (χ3n) is 3.80. The van der Waals surface area contributed by atoms with Crippen molar-refractivity contribution in [2.75, 3.05) is 5.32 Å². The van der Waals surface area contributed by atoms with Crippen molar-refractivity contribution >= 4 is 17.3 Å². The Morgan fingerprint density at radius 2 is 1.88 bits per heavy atom. The van der Waals surface area contributed by atoms with Gasteiger partial charge in [-0.05, 0) is 32.0 Å². The summed E-state index contributed by atoms with van der Waals surface area (Å²) < 4.78 is 26.8. The standard InChI is InChI=1S/C17H17F2N3O3/c1-10(13-8-7-12(18)9-14(13)19)20-11(2)17(23)21-15-5-3-4-6-16(15)22(24)25/h3-11,20H,1-2H3,(H,21,23)/p+1/t10-,11-/m0/s1. The summed E-state index contributed by atoms with van der Waals surface area (Å²) >= 11 is 0. The number of anilines is 1. The van der Waals surface area contributed by atoms with E-state index in [-0.39, 0.29) is 16.9 Å². The third kappa shape index (κ3) is 4.57. The fourth-order valence-electron chi connectivity index (χ4n) is 2.48. The highest BCUT2D eigenvalue weighted by molar-refractivity contribution is 5.95. The number of benzene rings is 2. The van der Waals surface area contributed by atoms with Crippen LogP contribution in [0.15, 0.2) is 42.5 Å². The van der Waals surface area contributed by atoms with Crippen LogP contribution in [0.2, 0.25) is 0 Å². The van der Waals surface area contributed by atoms with Crippen molar-refractivity contribution in [3.05, 3.63) is 69.8 Å². The smallest absolute Gasteiger partial charge is 0.292 e. The minimum absolute atomic E-state index is 0.0957. The molecule has 6 nitrogen and oxygen atoms in total. The van der Waals surface area contributed by atoms with Gasteiger partial charge in [-0.2, -0.15) is 0 Å². The SMILES string of the molecule is C[C@H]([NH2+][C@@H](C)c1ccc(F)cc1F)C(=O)Nc1ccccc1[N+](=O)[O-]. The molecule has 0 aliphatic carbocycles. The molecule has 0 spiro atoms. The van der Waals surface area contributed by atoms with E-state index in [0.29, 0.717) is 0 Å². The summed E-state index contributed by atoms with van der Waals surface area (Å²) in [4.78, 5) is 22.7. The zero-order valence-corrected chi connectivity index (χ0v) is 13.7. The van der Waals surface area contributed by atoms with Crippen molar-refractivity contribution < 1.29 is 23.8 Å². The van der Waals surface area contributed by atoms with E-state index >= 15 is 0 Å². The Kier molecular flexibility index (Phi) is 5.76. The number of nitro groups is 1. The molecule has 8 heteroatoms. The van der Waals surface area contributed by atoms with Gasteiger partial charge in [-0.15, -0.1) is 0 Å². The number of carbonyl (C=O) groups is 1. The van der Waals surface area contributed by atoms with Crippen LogP contribution in [0.4, 0.5) is 20.2 Å². The number of nitrogens with one attached hydrogen (secondary N) is 1. The normalized spacial score (nSPS) is 13.1. The number of para-hydroxylation sites is 2. The lowest BCUT2D eigenvalue weighted by Crippen LogP contribution is -2.91. The first kappa shape index (κ1) is 18.5. The van der Waals surface area contributed by atoms with Gasteiger partial charge in [0.05, 0.1) is 4.92 Å². The van der Waals surface area contributed by atoms with Crippen LogP contribution >= 0.6 is 0 Å². The van der Waals surface area contributed by atoms with Crippen molar-refractivity contribution in [3.63, 3.8) is 0 Å². The molecule has 0 aliphatic rings. The molecule has 0 fully saturated rings. The molecule has 2 rings (SSSR count). The van der Waals surface area contributed by atoms with Gasteiger partial charge in [-0.3, -0.25) is 14.9 Å². The summed E-state index contributed by atoms with van der Waals surface area (Å²) in [5.74, 6) is -1.81. The Morgan fingerprint density at radius 1 is 1.20 bits per heavy atom. The summed E-state index contributed by atoms with van der Waals surface area (Å²) in [6.45, 7) is 3.28. The van der Waals surface area contributed by atoms with E-state index in [1.54, 1.807) is 25.2 Å². The first-order valence-corrected chi connectivity index (χ1v) is 7.63. The zero-order chi connectivity index (χ0) is 18.6. The number of carbonyl (C=O) groups excluding carboxylic acids is 1. The van der Waals surface area contributed by atoms with Crippen LogP contribution in [0.3, 0.4) is 0 Å². The Bertz CT molecular complexity index is 798. The van der Waals surface area contributed by atoms with Crippen LogP contribution in [-0.4, -0.2) is 16.9 Å². The van der Waals surface area contributed by atoms with Crippen molar-refractivity contribution in [2.24, 2.45) is 0 Å². The first-order chi connectivity index (χ1) is 11.8. The van der Waals surface area contributed by atoms with Crippen LogP contribution in [0.5, 0.6) is 0 Å². The van der Waals surface area contributed by atoms with Crippen LogP contribution in [0, 0.1) is 21.7 Å². The van der Waals surface area contributed by atoms with E-state index in [9.17, 15) is 23.7 Å². The predicted molar refractivity (Wildman–Crippen MR) is 87.9 cm³/mol. The van der Waals surface area contributed by atoms with Gasteiger partial charge in [0.15, 0.2) is 6.04 Å². The van der Waals surface area contributed by atoms with E-state index in [1.165, 1.54) is 24.3 Å². The highest BCUT2D eigenvalue weighted by atomic mass is 19.1. The van der Waals surface area contributed by atoms with Crippen LogP contribution in [-0.2, 0) is 4.79 Å². The summed E-state index contributed by atoms with van der Waals surface area (Å²) in [5, 5.41) is 15.1. The summed E-state index contributed by atoms with van der Waals surface area (Å²) in [6.07, 6.45) is 0. The van der Waals surface area contributed by atoms with Gasteiger partial charge in [0, 0.05) is 17.7 Å². The fourth-order valence-corrected chi connectivity index (χ4v) is 2.48. The Balaban J connectivity index is 2.06. The quantitative estimate of drug-likeness (QED) is 0.620. The molecule has 0 saturated heterocycles. The maximum atomic E-state index is 13.8. The van der Waals surface area contributed by atoms with Gasteiger partial charge >= 0.3 is 0 Å². The number of halogens is 2. The minimum atomic E-state index is -0.685. The number of rotatable bonds is 6. The van der Waals surface area contributed by atoms with Crippen molar-refractivity contribution in [1.82, 2.24) is 0 Å². The third-order valence-corrected chi connectivity index (χ3v) is 3.80. The Morgan fingerprint density at radius 3 is 2.52 bits per heavy atom. The van der Waals surface area contributed by atoms with Crippen molar-refractivity contribution in [3.8, 4) is 0 Å². The number of nitro benzene ring substituents is 1. The van der Waals surface area contributed by atoms with Gasteiger partial charge in [-0.1, -0.05) is 12.1 Å². The summed E-state index contributed by atoms with van der Waals surface area (Å²) in [7, 11) is 0. The number of nitrogens with zero attached hydrogens (tertiary/aromatic N) is 1. The molecule has 2 aromatic carbocycles. The second-order valence-electron chi connectivity index (χ2n) is 5.70. The summed E-state index contributed by atoms with van der Waals surface area (Å²) in [6, 6.07) is 8.01. The number of amides is 1. The number of hydrogen-bond acceptors (Lipinski definition) is 3. The predicted octanol–water partition coefficient (Wildman–Crippen LogP) is 2.52. The Labute approximate surface area is 143 Å². The number of nitrogens with two attached hydrogens (primary N) is 1. The topological polar surface area (TPSA) is 88.8 Å². The molecule has 0 bridgehead atoms. The van der Waals surface area contributed by atoms with Gasteiger partial charge in [0.1, 0.15) is 23.4 Å². The lowest BCUT2D eigenvalue weighted by molar-refractivity contribution is -0.710. The molecule has 0 heterocycles. The first-order valence-electron chi connectivity index (χ1n) is 7.63. The van der Waals surface area contributed by atoms with Gasteiger partial charge in [-0.25, -0.2) is 8.78 Å². The van der Waals surface area contributed by atoms with E-state index in [4.69, 9.17) is 0 Å². The average molecular weight is 350 g/mol. The van der Waals surface area contributed by atoms with Gasteiger partial charge in [0.2, 0.25) is 0 Å². The molecule has 0 radical (unpaired) electrons. The lowest BCUT2D eigenvalue weighted by Gasteiger charge is -2.17. The zero-order valence-electron chi connectivity index (χ0n) is 13.7. The van der Waals surface area contributed by atoms with Crippen LogP contribution in [0.25, 0.3) is 0 Å². The van der Waals surface area contributed by atoms with Crippen LogP contribution < -0.4 is 10.6 Å². The van der Waals surface area contributed by atoms with Crippen molar-refractivity contribution in [1.29, 1.82) is 0 Å². The molecular weight excluding hydrogens is 332 g/mol. The maximum Gasteiger partial charge on any atom is 0.292 e. The molecule has 2 atom stereocenters. The molecule has 2 aromatic rings. The van der Waals surface area contributed by atoms with E-state index in [0.717, 1.165) is 12.1 Å².